The van der Waals surface area contributed by atoms with Gasteiger partial charge in [-0.15, -0.1) is 5.10 Å². The minimum absolute atomic E-state index is 0.128. The average molecular weight is 223 g/mol. The van der Waals surface area contributed by atoms with Crippen LogP contribution in [0.1, 0.15) is 12.8 Å². The largest absolute Gasteiger partial charge is 0.337 e. The maximum Gasteiger partial charge on any atom is 0.244 e. The second-order valence-corrected chi connectivity index (χ2v) is 4.04. The van der Waals surface area contributed by atoms with E-state index in [0.29, 0.717) is 12.6 Å². The normalized spacial score (nSPS) is 20.3. The fourth-order valence-corrected chi connectivity index (χ4v) is 2.16. The number of carbonyl (C=O) groups excluding carboxylic acids is 1. The van der Waals surface area contributed by atoms with Crippen LogP contribution in [0.15, 0.2) is 12.4 Å². The highest BCUT2D eigenvalue weighted by atomic mass is 16.2. The summed E-state index contributed by atoms with van der Waals surface area (Å²) in [5.41, 5.74) is 0. The summed E-state index contributed by atoms with van der Waals surface area (Å²) in [7, 11) is 1.92. The molecule has 1 fully saturated rings. The van der Waals surface area contributed by atoms with Gasteiger partial charge in [-0.25, -0.2) is 4.68 Å². The van der Waals surface area contributed by atoms with E-state index in [-0.39, 0.29) is 5.91 Å². The quantitative estimate of drug-likeness (QED) is 0.746. The standard InChI is InChI=1S/C10H17N5O/c1-11-7-9-3-2-5-15(9)10(16)8-14-6-4-12-13-14/h4,6,9,11H,2-3,5,7-8H2,1H3. The number of carbonyl (C=O) groups is 1. The van der Waals surface area contributed by atoms with Crippen LogP contribution < -0.4 is 5.32 Å². The van der Waals surface area contributed by atoms with Gasteiger partial charge in [-0.05, 0) is 19.9 Å². The number of likely N-dealkylation sites (N-methyl/N-ethyl adjacent to an activating group) is 1. The summed E-state index contributed by atoms with van der Waals surface area (Å²) in [5, 5.41) is 10.6. The van der Waals surface area contributed by atoms with Crippen LogP contribution in [0.2, 0.25) is 0 Å². The molecule has 0 bridgehead atoms. The molecule has 16 heavy (non-hydrogen) atoms. The summed E-state index contributed by atoms with van der Waals surface area (Å²) in [6.07, 6.45) is 5.47. The predicted molar refractivity (Wildman–Crippen MR) is 58.7 cm³/mol. The van der Waals surface area contributed by atoms with Gasteiger partial charge in [0.05, 0.1) is 6.20 Å². The van der Waals surface area contributed by atoms with Gasteiger partial charge in [0, 0.05) is 25.3 Å². The Morgan fingerprint density at radius 3 is 3.19 bits per heavy atom. The van der Waals surface area contributed by atoms with Crippen molar-refractivity contribution < 1.29 is 4.79 Å². The van der Waals surface area contributed by atoms with E-state index in [2.05, 4.69) is 15.6 Å². The van der Waals surface area contributed by atoms with Crippen molar-refractivity contribution in [2.24, 2.45) is 0 Å². The van der Waals surface area contributed by atoms with Gasteiger partial charge in [-0.3, -0.25) is 4.79 Å². The fourth-order valence-electron chi connectivity index (χ4n) is 2.16. The molecule has 2 heterocycles. The molecule has 0 radical (unpaired) electrons. The van der Waals surface area contributed by atoms with E-state index in [0.717, 1.165) is 25.9 Å². The molecule has 0 aliphatic carbocycles. The molecule has 1 N–H and O–H groups in total. The van der Waals surface area contributed by atoms with Crippen LogP contribution in [-0.4, -0.2) is 52.0 Å². The van der Waals surface area contributed by atoms with Gasteiger partial charge in [0.1, 0.15) is 6.54 Å². The first-order chi connectivity index (χ1) is 7.81. The van der Waals surface area contributed by atoms with Gasteiger partial charge in [0.25, 0.3) is 0 Å². The van der Waals surface area contributed by atoms with E-state index in [4.69, 9.17) is 0 Å². The van der Waals surface area contributed by atoms with Crippen molar-refractivity contribution in [1.82, 2.24) is 25.2 Å². The number of rotatable bonds is 4. The molecule has 1 aromatic heterocycles. The van der Waals surface area contributed by atoms with Crippen molar-refractivity contribution in [2.45, 2.75) is 25.4 Å². The lowest BCUT2D eigenvalue weighted by atomic mass is 10.2. The molecule has 6 heteroatoms. The average Bonchev–Trinajstić information content (AvgIpc) is 2.89. The highest BCUT2D eigenvalue weighted by molar-refractivity contribution is 5.76. The predicted octanol–water partition coefficient (Wildman–Crippen LogP) is -0.512. The molecule has 6 nitrogen and oxygen atoms in total. The van der Waals surface area contributed by atoms with Gasteiger partial charge in [-0.2, -0.15) is 0 Å². The topological polar surface area (TPSA) is 63.1 Å². The van der Waals surface area contributed by atoms with Crippen molar-refractivity contribution in [3.05, 3.63) is 12.4 Å². The van der Waals surface area contributed by atoms with E-state index in [1.54, 1.807) is 17.1 Å². The summed E-state index contributed by atoms with van der Waals surface area (Å²) in [5.74, 6) is 0.128. The van der Waals surface area contributed by atoms with Crippen LogP contribution in [0.25, 0.3) is 0 Å². The van der Waals surface area contributed by atoms with Crippen molar-refractivity contribution in [3.8, 4) is 0 Å². The van der Waals surface area contributed by atoms with Crippen molar-refractivity contribution >= 4 is 5.91 Å². The number of hydrogen-bond donors (Lipinski definition) is 1. The summed E-state index contributed by atoms with van der Waals surface area (Å²) < 4.78 is 1.57. The monoisotopic (exact) mass is 223 g/mol. The number of nitrogens with zero attached hydrogens (tertiary/aromatic N) is 4. The lowest BCUT2D eigenvalue weighted by Gasteiger charge is -2.24. The first kappa shape index (κ1) is 11.1. The zero-order chi connectivity index (χ0) is 11.4. The van der Waals surface area contributed by atoms with Crippen LogP contribution >= 0.6 is 0 Å². The number of likely N-dealkylation sites (tertiary alicyclic amines) is 1. The highest BCUT2D eigenvalue weighted by Crippen LogP contribution is 2.16. The summed E-state index contributed by atoms with van der Waals surface area (Å²) >= 11 is 0. The Bertz CT molecular complexity index is 337. The molecule has 1 atom stereocenters. The molecule has 88 valence electrons. The first-order valence-electron chi connectivity index (χ1n) is 5.59. The molecular formula is C10H17N5O. The molecule has 1 aliphatic rings. The number of amides is 1. The molecule has 0 aromatic carbocycles. The van der Waals surface area contributed by atoms with Gasteiger partial charge >= 0.3 is 0 Å². The molecule has 0 saturated carbocycles. The molecular weight excluding hydrogens is 206 g/mol. The van der Waals surface area contributed by atoms with E-state index >= 15 is 0 Å². The Kier molecular flexibility index (Phi) is 3.51. The summed E-state index contributed by atoms with van der Waals surface area (Å²) in [4.78, 5) is 14.0. The number of nitrogens with one attached hydrogen (secondary N) is 1. The first-order valence-corrected chi connectivity index (χ1v) is 5.59. The van der Waals surface area contributed by atoms with Gasteiger partial charge in [0.15, 0.2) is 0 Å². The highest BCUT2D eigenvalue weighted by Gasteiger charge is 2.27. The third-order valence-electron chi connectivity index (χ3n) is 2.91. The Labute approximate surface area is 94.6 Å². The van der Waals surface area contributed by atoms with E-state index in [1.807, 2.05) is 11.9 Å². The lowest BCUT2D eigenvalue weighted by molar-refractivity contribution is -0.132. The minimum atomic E-state index is 0.128. The number of aromatic nitrogens is 3. The van der Waals surface area contributed by atoms with E-state index in [1.165, 1.54) is 0 Å². The van der Waals surface area contributed by atoms with Crippen LogP contribution in [0.4, 0.5) is 0 Å². The minimum Gasteiger partial charge on any atom is -0.337 e. The van der Waals surface area contributed by atoms with Crippen LogP contribution in [0, 0.1) is 0 Å². The second kappa shape index (κ2) is 5.07. The Balaban J connectivity index is 1.93. The molecule has 0 spiro atoms. The van der Waals surface area contributed by atoms with Gasteiger partial charge in [0.2, 0.25) is 5.91 Å². The van der Waals surface area contributed by atoms with Gasteiger partial charge < -0.3 is 10.2 Å². The third kappa shape index (κ3) is 2.38. The van der Waals surface area contributed by atoms with Crippen LogP contribution in [0.5, 0.6) is 0 Å². The van der Waals surface area contributed by atoms with Crippen molar-refractivity contribution in [3.63, 3.8) is 0 Å². The molecule has 2 rings (SSSR count). The van der Waals surface area contributed by atoms with E-state index in [9.17, 15) is 4.79 Å². The van der Waals surface area contributed by atoms with Crippen molar-refractivity contribution in [1.29, 1.82) is 0 Å². The maximum absolute atomic E-state index is 12.0. The smallest absolute Gasteiger partial charge is 0.244 e. The Morgan fingerprint density at radius 2 is 2.50 bits per heavy atom. The van der Waals surface area contributed by atoms with Crippen LogP contribution in [-0.2, 0) is 11.3 Å². The molecule has 1 aromatic rings. The lowest BCUT2D eigenvalue weighted by Crippen LogP contribution is -2.42. The molecule has 1 amide bonds. The number of hydrogen-bond acceptors (Lipinski definition) is 4. The van der Waals surface area contributed by atoms with Crippen LogP contribution in [0.3, 0.4) is 0 Å². The third-order valence-corrected chi connectivity index (χ3v) is 2.91. The zero-order valence-corrected chi connectivity index (χ0v) is 9.46. The van der Waals surface area contributed by atoms with Gasteiger partial charge in [-0.1, -0.05) is 5.21 Å². The maximum atomic E-state index is 12.0. The molecule has 1 unspecified atom stereocenters. The summed E-state index contributed by atoms with van der Waals surface area (Å²) in [6.45, 7) is 2.02. The fraction of sp³-hybridized carbons (Fsp3) is 0.700. The second-order valence-electron chi connectivity index (χ2n) is 4.04. The van der Waals surface area contributed by atoms with E-state index < -0.39 is 0 Å². The molecule has 1 aliphatic heterocycles. The summed E-state index contributed by atoms with van der Waals surface area (Å²) in [6, 6.07) is 0.334. The Hall–Kier alpha value is -1.43. The Morgan fingerprint density at radius 1 is 1.62 bits per heavy atom. The molecule has 1 saturated heterocycles. The zero-order valence-electron chi connectivity index (χ0n) is 9.46. The SMILES string of the molecule is CNCC1CCCN1C(=O)Cn1ccnn1. The van der Waals surface area contributed by atoms with Crippen molar-refractivity contribution in [2.75, 3.05) is 20.1 Å².